The van der Waals surface area contributed by atoms with E-state index < -0.39 is 0 Å². The quantitative estimate of drug-likeness (QED) is 0.284. The Balaban J connectivity index is 0.000000521. The molecule has 10 heteroatoms. The number of halogens is 3. The van der Waals surface area contributed by atoms with Gasteiger partial charge in [0.2, 0.25) is 5.91 Å². The molecule has 7 nitrogen and oxygen atoms in total. The van der Waals surface area contributed by atoms with Gasteiger partial charge in [-0.3, -0.25) is 4.79 Å². The van der Waals surface area contributed by atoms with Crippen LogP contribution >= 0.6 is 11.6 Å². The molecular formula is C27H33ClF2N6O. The number of benzene rings is 2. The van der Waals surface area contributed by atoms with Crippen molar-refractivity contribution in [1.82, 2.24) is 19.7 Å². The van der Waals surface area contributed by atoms with Crippen molar-refractivity contribution in [1.29, 1.82) is 0 Å². The van der Waals surface area contributed by atoms with Gasteiger partial charge in [-0.15, -0.1) is 5.10 Å². The van der Waals surface area contributed by atoms with Crippen LogP contribution in [0, 0.1) is 11.6 Å². The maximum atomic E-state index is 13.4. The molecule has 0 spiro atoms. The molecule has 0 aliphatic carbocycles. The number of rotatable bonds is 9. The predicted octanol–water partition coefficient (Wildman–Crippen LogP) is 5.43. The maximum Gasteiger partial charge on any atom is 0.244 e. The van der Waals surface area contributed by atoms with Gasteiger partial charge < -0.3 is 16.4 Å². The van der Waals surface area contributed by atoms with E-state index >= 15 is 0 Å². The van der Waals surface area contributed by atoms with Crippen LogP contribution in [0.4, 0.5) is 8.78 Å². The number of aromatic nitrogens is 3. The zero-order valence-corrected chi connectivity index (χ0v) is 22.1. The molecule has 0 aliphatic heterocycles. The predicted molar refractivity (Wildman–Crippen MR) is 144 cm³/mol. The molecule has 0 radical (unpaired) electrons. The first-order valence-electron chi connectivity index (χ1n) is 11.9. The summed E-state index contributed by atoms with van der Waals surface area (Å²) in [6.07, 6.45) is 4.92. The summed E-state index contributed by atoms with van der Waals surface area (Å²) in [5.41, 5.74) is 12.3. The largest absolute Gasteiger partial charge is 0.402 e. The van der Waals surface area contributed by atoms with E-state index in [0.29, 0.717) is 41.6 Å². The molecule has 0 fully saturated rings. The lowest BCUT2D eigenvalue weighted by atomic mass is 10.2. The lowest BCUT2D eigenvalue weighted by Gasteiger charge is -2.21. The van der Waals surface area contributed by atoms with Gasteiger partial charge in [0.1, 0.15) is 18.2 Å². The van der Waals surface area contributed by atoms with Gasteiger partial charge in [0.15, 0.2) is 11.6 Å². The summed E-state index contributed by atoms with van der Waals surface area (Å²) in [4.78, 5) is 19.2. The summed E-state index contributed by atoms with van der Waals surface area (Å²) >= 11 is 5.26. The first-order valence-corrected chi connectivity index (χ1v) is 12.3. The second kappa shape index (κ2) is 14.7. The van der Waals surface area contributed by atoms with Crippen LogP contribution in [0.3, 0.4) is 0 Å². The lowest BCUT2D eigenvalue weighted by molar-refractivity contribution is -0.132. The Bertz CT molecular complexity index is 1180. The summed E-state index contributed by atoms with van der Waals surface area (Å²) in [6, 6.07) is 11.7. The summed E-state index contributed by atoms with van der Waals surface area (Å²) in [7, 11) is 0. The van der Waals surface area contributed by atoms with Gasteiger partial charge in [-0.05, 0) is 80.4 Å². The summed E-state index contributed by atoms with van der Waals surface area (Å²) < 4.78 is 28.2. The molecule has 0 unspecified atom stereocenters. The van der Waals surface area contributed by atoms with E-state index in [9.17, 15) is 13.6 Å². The molecule has 3 aromatic rings. The Morgan fingerprint density at radius 2 is 1.46 bits per heavy atom. The van der Waals surface area contributed by atoms with Crippen molar-refractivity contribution in [2.45, 2.75) is 40.2 Å². The Kier molecular flexibility index (Phi) is 11.8. The highest BCUT2D eigenvalue weighted by Gasteiger charge is 2.19. The highest BCUT2D eigenvalue weighted by molar-refractivity contribution is 6.29. The molecule has 1 aromatic heterocycles. The van der Waals surface area contributed by atoms with Crippen LogP contribution in [0.5, 0.6) is 0 Å². The number of nitrogens with zero attached hydrogens (tertiary/aromatic N) is 4. The molecule has 4 N–H and O–H groups in total. The number of hydrogen-bond acceptors (Lipinski definition) is 5. The molecule has 0 saturated carbocycles. The number of hydrogen-bond donors (Lipinski definition) is 2. The van der Waals surface area contributed by atoms with Crippen molar-refractivity contribution in [3.63, 3.8) is 0 Å². The minimum Gasteiger partial charge on any atom is -0.402 e. The van der Waals surface area contributed by atoms with Gasteiger partial charge in [-0.25, -0.2) is 18.4 Å². The number of nitrogens with two attached hydrogens (primary N) is 2. The van der Waals surface area contributed by atoms with E-state index in [1.54, 1.807) is 37.3 Å². The monoisotopic (exact) mass is 530 g/mol. The third kappa shape index (κ3) is 9.69. The highest BCUT2D eigenvalue weighted by Crippen LogP contribution is 2.23. The Hall–Kier alpha value is -3.72. The molecule has 198 valence electrons. The standard InChI is InChI=1S/C22H24F2N4O.C5H9ClN2/c1-3-13-27(14-4-2)20(29)15-28-22(17-7-11-19(24)12-8-17)25-21(26-28)16-5-9-18(23)10-6-16;1-4(7)2-3-5(6)8/h5-12H,3-4,13-15H2,1-2H3;2-3H,7-8H2,1H3/b;4-2-,5-3-. The van der Waals surface area contributed by atoms with Crippen molar-refractivity contribution in [2.24, 2.45) is 11.5 Å². The number of carbonyl (C=O) groups excluding carboxylic acids is 1. The van der Waals surface area contributed by atoms with Crippen LogP contribution in [0.1, 0.15) is 33.6 Å². The average molecular weight is 531 g/mol. The summed E-state index contributed by atoms with van der Waals surface area (Å²) in [5, 5.41) is 4.74. The van der Waals surface area contributed by atoms with Crippen LogP contribution < -0.4 is 11.5 Å². The molecule has 0 saturated heterocycles. The molecule has 1 heterocycles. The van der Waals surface area contributed by atoms with Crippen molar-refractivity contribution in [2.75, 3.05) is 13.1 Å². The van der Waals surface area contributed by atoms with Gasteiger partial charge in [-0.1, -0.05) is 25.4 Å². The summed E-state index contributed by atoms with van der Waals surface area (Å²) in [6.45, 7) is 7.21. The number of carbonyl (C=O) groups is 1. The molecule has 0 atom stereocenters. The van der Waals surface area contributed by atoms with Crippen molar-refractivity contribution in [3.05, 3.63) is 83.2 Å². The van der Waals surface area contributed by atoms with Gasteiger partial charge in [0.25, 0.3) is 0 Å². The Morgan fingerprint density at radius 3 is 1.89 bits per heavy atom. The molecule has 0 bridgehead atoms. The van der Waals surface area contributed by atoms with Gasteiger partial charge in [0.05, 0.1) is 5.16 Å². The van der Waals surface area contributed by atoms with E-state index in [-0.39, 0.29) is 29.2 Å². The fraction of sp³-hybridized carbons (Fsp3) is 0.296. The third-order valence-corrected chi connectivity index (χ3v) is 5.13. The SMILES string of the molecule is C/C(N)=C/C=C(\N)Cl.CCCN(CCC)C(=O)Cn1nc(-c2ccc(F)cc2)nc1-c1ccc(F)cc1. The van der Waals surface area contributed by atoms with Crippen molar-refractivity contribution in [3.8, 4) is 22.8 Å². The zero-order valence-electron chi connectivity index (χ0n) is 21.3. The number of amides is 1. The Morgan fingerprint density at radius 1 is 0.946 bits per heavy atom. The first kappa shape index (κ1) is 29.5. The zero-order chi connectivity index (χ0) is 27.4. The minimum absolute atomic E-state index is 0.0287. The van der Waals surface area contributed by atoms with E-state index in [1.807, 2.05) is 18.7 Å². The minimum atomic E-state index is -0.355. The van der Waals surface area contributed by atoms with E-state index in [4.69, 9.17) is 23.1 Å². The van der Waals surface area contributed by atoms with Crippen LogP contribution in [0.15, 0.2) is 71.5 Å². The van der Waals surface area contributed by atoms with E-state index in [0.717, 1.165) is 12.8 Å². The smallest absolute Gasteiger partial charge is 0.244 e. The maximum absolute atomic E-state index is 13.4. The molecule has 0 aliphatic rings. The second-order valence-electron chi connectivity index (χ2n) is 8.27. The molecule has 1 amide bonds. The second-order valence-corrected chi connectivity index (χ2v) is 8.71. The van der Waals surface area contributed by atoms with E-state index in [1.165, 1.54) is 35.0 Å². The molecule has 37 heavy (non-hydrogen) atoms. The Labute approximate surface area is 221 Å². The first-order chi connectivity index (χ1) is 17.6. The lowest BCUT2D eigenvalue weighted by Crippen LogP contribution is -2.35. The van der Waals surface area contributed by atoms with Crippen molar-refractivity contribution < 1.29 is 13.6 Å². The van der Waals surface area contributed by atoms with Gasteiger partial charge in [0, 0.05) is 29.9 Å². The highest BCUT2D eigenvalue weighted by atomic mass is 35.5. The molecule has 2 aromatic carbocycles. The van der Waals surface area contributed by atoms with Gasteiger partial charge in [-0.2, -0.15) is 0 Å². The molecule has 3 rings (SSSR count). The van der Waals surface area contributed by atoms with Crippen molar-refractivity contribution >= 4 is 17.5 Å². The van der Waals surface area contributed by atoms with Crippen LogP contribution in [0.2, 0.25) is 0 Å². The molecular weight excluding hydrogens is 498 g/mol. The van der Waals surface area contributed by atoms with E-state index in [2.05, 4.69) is 10.1 Å². The van der Waals surface area contributed by atoms with Gasteiger partial charge >= 0.3 is 0 Å². The number of allylic oxidation sites excluding steroid dienone is 3. The average Bonchev–Trinajstić information content (AvgIpc) is 3.27. The van der Waals surface area contributed by atoms with Crippen LogP contribution in [-0.4, -0.2) is 38.7 Å². The topological polar surface area (TPSA) is 103 Å². The van der Waals surface area contributed by atoms with Crippen LogP contribution in [0.25, 0.3) is 22.8 Å². The van der Waals surface area contributed by atoms with Crippen LogP contribution in [-0.2, 0) is 11.3 Å². The fourth-order valence-electron chi connectivity index (χ4n) is 3.33. The fourth-order valence-corrected chi connectivity index (χ4v) is 3.39. The third-order valence-electron chi connectivity index (χ3n) is 5.01. The summed E-state index contributed by atoms with van der Waals surface area (Å²) in [5.74, 6) is 0.0940. The normalized spacial score (nSPS) is 11.6.